The molecular weight excluding hydrogens is 188 g/mol. The molecule has 0 N–H and O–H groups in total. The summed E-state index contributed by atoms with van der Waals surface area (Å²) in [5.74, 6) is 0.611. The van der Waals surface area contributed by atoms with Crippen LogP contribution in [0, 0.1) is 5.92 Å². The fourth-order valence-electron chi connectivity index (χ4n) is 1.60. The summed E-state index contributed by atoms with van der Waals surface area (Å²) >= 11 is 0. The Morgan fingerprint density at radius 1 is 1.38 bits per heavy atom. The first-order chi connectivity index (χ1) is 6.10. The van der Waals surface area contributed by atoms with E-state index >= 15 is 0 Å². The van der Waals surface area contributed by atoms with Crippen LogP contribution >= 0.6 is 0 Å². The summed E-state index contributed by atoms with van der Waals surface area (Å²) < 4.78 is 26.2. The van der Waals surface area contributed by atoms with Crippen molar-refractivity contribution < 1.29 is 8.42 Å². The third-order valence-electron chi connectivity index (χ3n) is 2.87. The van der Waals surface area contributed by atoms with Gasteiger partial charge in [0.15, 0.2) is 0 Å². The molecule has 2 rings (SSSR count). The van der Waals surface area contributed by atoms with Crippen LogP contribution in [-0.4, -0.2) is 43.7 Å². The summed E-state index contributed by atoms with van der Waals surface area (Å²) in [5.41, 5.74) is 0. The Labute approximate surface area is 79.7 Å². The van der Waals surface area contributed by atoms with E-state index in [0.717, 1.165) is 0 Å². The molecule has 2 aliphatic rings. The number of rotatable bonds is 4. The molecule has 13 heavy (non-hydrogen) atoms. The molecule has 0 amide bonds. The molecule has 1 heterocycles. The largest absolute Gasteiger partial charge is 0.281 e. The third-order valence-corrected chi connectivity index (χ3v) is 4.82. The van der Waals surface area contributed by atoms with Crippen molar-refractivity contribution in [3.8, 4) is 0 Å². The first kappa shape index (κ1) is 9.43. The van der Waals surface area contributed by atoms with E-state index in [9.17, 15) is 8.42 Å². The van der Waals surface area contributed by atoms with Crippen LogP contribution < -0.4 is 0 Å². The zero-order chi connectivity index (χ0) is 9.47. The highest BCUT2D eigenvalue weighted by Gasteiger charge is 2.36. The van der Waals surface area contributed by atoms with Gasteiger partial charge in [0.1, 0.15) is 0 Å². The van der Waals surface area contributed by atoms with Crippen LogP contribution in [0.25, 0.3) is 0 Å². The predicted molar refractivity (Wildman–Crippen MR) is 50.5 cm³/mol. The Kier molecular flexibility index (Phi) is 2.33. The fourth-order valence-corrected chi connectivity index (χ4v) is 2.94. The van der Waals surface area contributed by atoms with E-state index in [4.69, 9.17) is 0 Å². The Bertz CT molecular complexity index is 281. The van der Waals surface area contributed by atoms with Gasteiger partial charge in [-0.1, -0.05) is 6.42 Å². The molecule has 0 spiro atoms. The Hall–Kier alpha value is -0.130. The van der Waals surface area contributed by atoms with Crippen molar-refractivity contribution in [3.05, 3.63) is 0 Å². The number of hydrogen-bond donors (Lipinski definition) is 0. The molecule has 1 saturated carbocycles. The van der Waals surface area contributed by atoms with Crippen LogP contribution in [0.5, 0.6) is 0 Å². The highest BCUT2D eigenvalue weighted by Crippen LogP contribution is 2.28. The van der Waals surface area contributed by atoms with Crippen molar-refractivity contribution >= 4 is 10.2 Å². The van der Waals surface area contributed by atoms with Crippen molar-refractivity contribution in [3.63, 3.8) is 0 Å². The first-order valence-electron chi connectivity index (χ1n) is 4.82. The highest BCUT2D eigenvalue weighted by atomic mass is 32.2. The second kappa shape index (κ2) is 3.22. The molecule has 0 unspecified atom stereocenters. The molecule has 0 aromatic carbocycles. The van der Waals surface area contributed by atoms with Crippen LogP contribution in [0.15, 0.2) is 0 Å². The van der Waals surface area contributed by atoms with E-state index in [1.807, 2.05) is 0 Å². The van der Waals surface area contributed by atoms with Crippen LogP contribution in [-0.2, 0) is 10.2 Å². The summed E-state index contributed by atoms with van der Waals surface area (Å²) in [7, 11) is -1.38. The van der Waals surface area contributed by atoms with Gasteiger partial charge >= 0.3 is 0 Å². The Morgan fingerprint density at radius 2 is 2.00 bits per heavy atom. The van der Waals surface area contributed by atoms with Crippen molar-refractivity contribution in [2.45, 2.75) is 19.3 Å². The molecule has 0 aromatic heterocycles. The lowest BCUT2D eigenvalue weighted by Gasteiger charge is -2.29. The van der Waals surface area contributed by atoms with Gasteiger partial charge in [0, 0.05) is 26.7 Å². The normalized spacial score (nSPS) is 24.8. The van der Waals surface area contributed by atoms with Gasteiger partial charge in [-0.15, -0.1) is 0 Å². The maximum Gasteiger partial charge on any atom is 0.281 e. The average Bonchev–Trinajstić information content (AvgIpc) is 2.77. The zero-order valence-electron chi connectivity index (χ0n) is 7.94. The van der Waals surface area contributed by atoms with E-state index in [1.54, 1.807) is 7.05 Å². The summed E-state index contributed by atoms with van der Waals surface area (Å²) in [6.45, 7) is 2.12. The fraction of sp³-hybridized carbons (Fsp3) is 1.00. The summed E-state index contributed by atoms with van der Waals surface area (Å²) in [5, 5.41) is 0. The van der Waals surface area contributed by atoms with Crippen molar-refractivity contribution in [2.24, 2.45) is 5.92 Å². The van der Waals surface area contributed by atoms with E-state index in [1.165, 1.54) is 27.9 Å². The highest BCUT2D eigenvalue weighted by molar-refractivity contribution is 7.87. The maximum absolute atomic E-state index is 11.6. The van der Waals surface area contributed by atoms with Gasteiger partial charge < -0.3 is 0 Å². The molecular formula is C8H16N2O2S. The summed E-state index contributed by atoms with van der Waals surface area (Å²) in [6.07, 6.45) is 3.65. The Balaban J connectivity index is 1.90. The molecule has 0 aromatic rings. The number of nitrogens with zero attached hydrogens (tertiary/aromatic N) is 2. The summed E-state index contributed by atoms with van der Waals surface area (Å²) in [6, 6.07) is 0. The third kappa shape index (κ3) is 1.87. The molecule has 0 radical (unpaired) electrons. The van der Waals surface area contributed by atoms with Crippen LogP contribution in [0.4, 0.5) is 0 Å². The first-order valence-corrected chi connectivity index (χ1v) is 6.22. The van der Waals surface area contributed by atoms with Crippen LogP contribution in [0.1, 0.15) is 19.3 Å². The van der Waals surface area contributed by atoms with Gasteiger partial charge in [-0.05, 0) is 18.8 Å². The maximum atomic E-state index is 11.6. The van der Waals surface area contributed by atoms with Crippen LogP contribution in [0.3, 0.4) is 0 Å². The van der Waals surface area contributed by atoms with Gasteiger partial charge in [0.2, 0.25) is 0 Å². The molecule has 4 nitrogen and oxygen atoms in total. The molecule has 0 atom stereocenters. The zero-order valence-corrected chi connectivity index (χ0v) is 8.76. The minimum absolute atomic E-state index is 0.611. The lowest BCUT2D eigenvalue weighted by Crippen LogP contribution is -2.37. The molecule has 76 valence electrons. The van der Waals surface area contributed by atoms with E-state index in [2.05, 4.69) is 0 Å². The quantitative estimate of drug-likeness (QED) is 0.617. The molecule has 1 aliphatic carbocycles. The van der Waals surface area contributed by atoms with Gasteiger partial charge in [-0.2, -0.15) is 17.0 Å². The predicted octanol–water partition coefficient (Wildman–Crippen LogP) is 0.279. The standard InChI is InChI=1S/C8H16N2O2S/c1-9(7-8-3-2-4-8)13(11,12)10-5-6-10/h8H,2-7H2,1H3. The molecule has 1 saturated heterocycles. The SMILES string of the molecule is CN(CC1CCC1)S(=O)(=O)N1CC1. The molecule has 1 aliphatic heterocycles. The minimum atomic E-state index is -3.07. The topological polar surface area (TPSA) is 40.4 Å². The van der Waals surface area contributed by atoms with Gasteiger partial charge in [-0.25, -0.2) is 0 Å². The van der Waals surface area contributed by atoms with Gasteiger partial charge in [-0.3, -0.25) is 0 Å². The molecule has 2 fully saturated rings. The summed E-state index contributed by atoms with van der Waals surface area (Å²) in [4.78, 5) is 0. The van der Waals surface area contributed by atoms with Crippen molar-refractivity contribution in [2.75, 3.05) is 26.7 Å². The molecule has 5 heteroatoms. The van der Waals surface area contributed by atoms with Gasteiger partial charge in [0.05, 0.1) is 0 Å². The Morgan fingerprint density at radius 3 is 2.38 bits per heavy atom. The van der Waals surface area contributed by atoms with E-state index < -0.39 is 10.2 Å². The van der Waals surface area contributed by atoms with Crippen LogP contribution in [0.2, 0.25) is 0 Å². The second-order valence-corrected chi connectivity index (χ2v) is 6.02. The molecule has 0 bridgehead atoms. The number of hydrogen-bond acceptors (Lipinski definition) is 2. The second-order valence-electron chi connectivity index (χ2n) is 3.98. The van der Waals surface area contributed by atoms with Crippen molar-refractivity contribution in [1.29, 1.82) is 0 Å². The van der Waals surface area contributed by atoms with E-state index in [0.29, 0.717) is 25.6 Å². The lowest BCUT2D eigenvalue weighted by atomic mass is 9.86. The van der Waals surface area contributed by atoms with Crippen molar-refractivity contribution in [1.82, 2.24) is 8.61 Å². The minimum Gasteiger partial charge on any atom is -0.195 e. The smallest absolute Gasteiger partial charge is 0.195 e. The lowest BCUT2D eigenvalue weighted by molar-refractivity contribution is 0.259. The van der Waals surface area contributed by atoms with Gasteiger partial charge in [0.25, 0.3) is 10.2 Å². The van der Waals surface area contributed by atoms with E-state index in [-0.39, 0.29) is 0 Å². The monoisotopic (exact) mass is 204 g/mol. The average molecular weight is 204 g/mol.